The second-order valence-electron chi connectivity index (χ2n) is 6.91. The fourth-order valence-electron chi connectivity index (χ4n) is 3.54. The number of para-hydroxylation sites is 1. The summed E-state index contributed by atoms with van der Waals surface area (Å²) in [4.78, 5) is 32.3. The Balaban J connectivity index is 1.40. The molecular formula is C22H23N3O2. The fraction of sp³-hybridized carbons (Fsp3) is 0.273. The van der Waals surface area contributed by atoms with Gasteiger partial charge < -0.3 is 14.8 Å². The van der Waals surface area contributed by atoms with E-state index in [4.69, 9.17) is 0 Å². The summed E-state index contributed by atoms with van der Waals surface area (Å²) in [7, 11) is 0. The Kier molecular flexibility index (Phi) is 4.67. The minimum Gasteiger partial charge on any atom is -0.351 e. The Morgan fingerprint density at radius 3 is 2.15 bits per heavy atom. The second kappa shape index (κ2) is 7.27. The molecule has 0 atom stereocenters. The van der Waals surface area contributed by atoms with Crippen LogP contribution >= 0.6 is 0 Å². The molecule has 0 unspecified atom stereocenters. The molecule has 1 saturated heterocycles. The van der Waals surface area contributed by atoms with Crippen molar-refractivity contribution in [3.05, 3.63) is 71.4 Å². The van der Waals surface area contributed by atoms with Gasteiger partial charge in [-0.1, -0.05) is 37.3 Å². The predicted molar refractivity (Wildman–Crippen MR) is 106 cm³/mol. The Hall–Kier alpha value is -3.08. The van der Waals surface area contributed by atoms with E-state index in [1.165, 1.54) is 5.56 Å². The standard InChI is InChI=1S/C22H23N3O2/c1-2-16-7-9-17(10-8-16)21(26)24-11-13-25(14-12-24)22(27)20-15-18-5-3-4-6-19(18)23-20/h3-10,15,23H,2,11-14H2,1H3. The Labute approximate surface area is 158 Å². The molecule has 1 aliphatic rings. The van der Waals surface area contributed by atoms with Gasteiger partial charge in [0.15, 0.2) is 0 Å². The van der Waals surface area contributed by atoms with Crippen molar-refractivity contribution in [1.29, 1.82) is 0 Å². The van der Waals surface area contributed by atoms with Crippen LogP contribution in [0.25, 0.3) is 10.9 Å². The molecule has 1 aliphatic heterocycles. The number of carbonyl (C=O) groups excluding carboxylic acids is 2. The number of nitrogens with zero attached hydrogens (tertiary/aromatic N) is 2. The summed E-state index contributed by atoms with van der Waals surface area (Å²) in [6.07, 6.45) is 0.961. The summed E-state index contributed by atoms with van der Waals surface area (Å²) in [6.45, 7) is 4.31. The number of nitrogens with one attached hydrogen (secondary N) is 1. The van der Waals surface area contributed by atoms with Crippen LogP contribution < -0.4 is 0 Å². The molecule has 27 heavy (non-hydrogen) atoms. The lowest BCUT2D eigenvalue weighted by Gasteiger charge is -2.34. The Morgan fingerprint density at radius 1 is 0.889 bits per heavy atom. The van der Waals surface area contributed by atoms with Gasteiger partial charge in [0.05, 0.1) is 0 Å². The van der Waals surface area contributed by atoms with E-state index >= 15 is 0 Å². The lowest BCUT2D eigenvalue weighted by Crippen LogP contribution is -2.50. The van der Waals surface area contributed by atoms with Crippen LogP contribution in [0.3, 0.4) is 0 Å². The number of amides is 2. The van der Waals surface area contributed by atoms with Gasteiger partial charge >= 0.3 is 0 Å². The molecular weight excluding hydrogens is 338 g/mol. The first-order valence-corrected chi connectivity index (χ1v) is 9.41. The van der Waals surface area contributed by atoms with Gasteiger partial charge in [0, 0.05) is 42.6 Å². The average Bonchev–Trinajstić information content (AvgIpc) is 3.17. The third-order valence-corrected chi connectivity index (χ3v) is 5.22. The molecule has 4 rings (SSSR count). The number of aromatic nitrogens is 1. The molecule has 1 N–H and O–H groups in total. The van der Waals surface area contributed by atoms with Gasteiger partial charge in [-0.2, -0.15) is 0 Å². The van der Waals surface area contributed by atoms with Crippen molar-refractivity contribution in [2.45, 2.75) is 13.3 Å². The maximum Gasteiger partial charge on any atom is 0.270 e. The summed E-state index contributed by atoms with van der Waals surface area (Å²) in [5.74, 6) is 0.0287. The van der Waals surface area contributed by atoms with E-state index < -0.39 is 0 Å². The minimum absolute atomic E-state index is 0.00871. The van der Waals surface area contributed by atoms with Crippen molar-refractivity contribution in [3.63, 3.8) is 0 Å². The Morgan fingerprint density at radius 2 is 1.52 bits per heavy atom. The molecule has 3 aromatic rings. The monoisotopic (exact) mass is 361 g/mol. The number of hydrogen-bond donors (Lipinski definition) is 1. The first-order valence-electron chi connectivity index (χ1n) is 9.41. The topological polar surface area (TPSA) is 56.4 Å². The van der Waals surface area contributed by atoms with Crippen molar-refractivity contribution in [2.24, 2.45) is 0 Å². The number of rotatable bonds is 3. The van der Waals surface area contributed by atoms with Gasteiger partial charge in [0.1, 0.15) is 5.69 Å². The molecule has 0 spiro atoms. The summed E-state index contributed by atoms with van der Waals surface area (Å²) >= 11 is 0. The zero-order valence-corrected chi connectivity index (χ0v) is 15.4. The van der Waals surface area contributed by atoms with Gasteiger partial charge in [0.25, 0.3) is 11.8 Å². The highest BCUT2D eigenvalue weighted by Gasteiger charge is 2.26. The van der Waals surface area contributed by atoms with Gasteiger partial charge in [-0.05, 0) is 36.2 Å². The van der Waals surface area contributed by atoms with Crippen LogP contribution in [0, 0.1) is 0 Å². The van der Waals surface area contributed by atoms with E-state index in [-0.39, 0.29) is 11.8 Å². The van der Waals surface area contributed by atoms with Crippen molar-refractivity contribution in [2.75, 3.05) is 26.2 Å². The number of benzene rings is 2. The number of hydrogen-bond acceptors (Lipinski definition) is 2. The minimum atomic E-state index is -0.00871. The van der Waals surface area contributed by atoms with Gasteiger partial charge in [-0.15, -0.1) is 0 Å². The fourth-order valence-corrected chi connectivity index (χ4v) is 3.54. The van der Waals surface area contributed by atoms with Crippen molar-refractivity contribution < 1.29 is 9.59 Å². The first kappa shape index (κ1) is 17.3. The zero-order valence-electron chi connectivity index (χ0n) is 15.4. The highest BCUT2D eigenvalue weighted by molar-refractivity contribution is 5.98. The van der Waals surface area contributed by atoms with E-state index in [0.29, 0.717) is 37.4 Å². The van der Waals surface area contributed by atoms with Crippen LogP contribution in [-0.2, 0) is 6.42 Å². The third-order valence-electron chi connectivity index (χ3n) is 5.22. The first-order chi connectivity index (χ1) is 13.2. The number of carbonyl (C=O) groups is 2. The summed E-state index contributed by atoms with van der Waals surface area (Å²) in [6, 6.07) is 17.5. The molecule has 0 radical (unpaired) electrons. The SMILES string of the molecule is CCc1ccc(C(=O)N2CCN(C(=O)c3cc4ccccc4[nH]3)CC2)cc1. The smallest absolute Gasteiger partial charge is 0.270 e. The van der Waals surface area contributed by atoms with Gasteiger partial charge in [0.2, 0.25) is 0 Å². The third kappa shape index (κ3) is 3.45. The van der Waals surface area contributed by atoms with E-state index in [9.17, 15) is 9.59 Å². The number of fused-ring (bicyclic) bond motifs is 1. The lowest BCUT2D eigenvalue weighted by molar-refractivity contribution is 0.0533. The second-order valence-corrected chi connectivity index (χ2v) is 6.91. The average molecular weight is 361 g/mol. The highest BCUT2D eigenvalue weighted by atomic mass is 16.2. The van der Waals surface area contributed by atoms with Gasteiger partial charge in [-0.25, -0.2) is 0 Å². The zero-order chi connectivity index (χ0) is 18.8. The quantitative estimate of drug-likeness (QED) is 0.778. The normalized spacial score (nSPS) is 14.6. The highest BCUT2D eigenvalue weighted by Crippen LogP contribution is 2.17. The van der Waals surface area contributed by atoms with Crippen LogP contribution in [0.1, 0.15) is 33.3 Å². The number of H-pyrrole nitrogens is 1. The Bertz CT molecular complexity index is 934. The molecule has 0 aliphatic carbocycles. The predicted octanol–water partition coefficient (Wildman–Crippen LogP) is 3.33. The summed E-state index contributed by atoms with van der Waals surface area (Å²) in [5, 5.41) is 1.03. The van der Waals surface area contributed by atoms with Gasteiger partial charge in [-0.3, -0.25) is 9.59 Å². The largest absolute Gasteiger partial charge is 0.351 e. The lowest BCUT2D eigenvalue weighted by atomic mass is 10.1. The molecule has 138 valence electrons. The molecule has 5 nitrogen and oxygen atoms in total. The van der Waals surface area contributed by atoms with Crippen LogP contribution in [0.4, 0.5) is 0 Å². The van der Waals surface area contributed by atoms with E-state index in [2.05, 4.69) is 11.9 Å². The van der Waals surface area contributed by atoms with E-state index in [1.54, 1.807) is 0 Å². The van der Waals surface area contributed by atoms with Crippen LogP contribution in [0.2, 0.25) is 0 Å². The molecule has 1 aromatic heterocycles. The van der Waals surface area contributed by atoms with Crippen molar-refractivity contribution in [1.82, 2.24) is 14.8 Å². The van der Waals surface area contributed by atoms with Crippen LogP contribution in [-0.4, -0.2) is 52.8 Å². The summed E-state index contributed by atoms with van der Waals surface area (Å²) < 4.78 is 0. The van der Waals surface area contributed by atoms with Crippen LogP contribution in [0.5, 0.6) is 0 Å². The van der Waals surface area contributed by atoms with Crippen molar-refractivity contribution in [3.8, 4) is 0 Å². The maximum atomic E-state index is 12.8. The number of piperazine rings is 1. The van der Waals surface area contributed by atoms with Crippen molar-refractivity contribution >= 4 is 22.7 Å². The molecule has 2 amide bonds. The molecule has 2 heterocycles. The molecule has 0 saturated carbocycles. The summed E-state index contributed by atoms with van der Waals surface area (Å²) in [5.41, 5.74) is 3.50. The molecule has 0 bridgehead atoms. The van der Waals surface area contributed by atoms with E-state index in [0.717, 1.165) is 17.3 Å². The van der Waals surface area contributed by atoms with Crippen LogP contribution in [0.15, 0.2) is 54.6 Å². The number of aromatic amines is 1. The molecule has 2 aromatic carbocycles. The number of aryl methyl sites for hydroxylation is 1. The van der Waals surface area contributed by atoms with E-state index in [1.807, 2.05) is 64.4 Å². The maximum absolute atomic E-state index is 12.8. The molecule has 5 heteroatoms. The molecule has 1 fully saturated rings.